The number of nitrogens with two attached hydrogens (primary N) is 1. The standard InChI is InChI=1S/C34H73N4O4P.C25H50O3.C5H14N2/c1-7-9-11-13-15-19-25-33(26-20-16-14-12-10-8-2)42-34(39)27-21-17-18-22-32-41-43(40,35-28-23-30-37(3)4)36-29-24-31-38(5)6;1-3-5-7-9-12-16-20-24(21-17-13-10-8-6-4-2)28-25(27)22-18-14-11-15-19-23-26;1-7(2)5-3-4-6/h33H,7-32H2,1-6H3,(H2,35,36,40);24,26H,3-23H2,1-2H3;3-6H2,1-2H3. The van der Waals surface area contributed by atoms with Gasteiger partial charge in [0.1, 0.15) is 12.2 Å². The number of ether oxygens (including phenoxy) is 2. The molecule has 0 aromatic heterocycles. The summed E-state index contributed by atoms with van der Waals surface area (Å²) in [5.74, 6) is -0.0318. The van der Waals surface area contributed by atoms with Gasteiger partial charge in [0.15, 0.2) is 0 Å². The average molecular weight is 1130 g/mol. The van der Waals surface area contributed by atoms with Crippen molar-refractivity contribution in [2.45, 2.75) is 310 Å². The zero-order valence-corrected chi connectivity index (χ0v) is 54.7. The monoisotopic (exact) mass is 1130 g/mol. The molecule has 470 valence electrons. The van der Waals surface area contributed by atoms with Crippen molar-refractivity contribution in [1.82, 2.24) is 24.9 Å². The highest BCUT2D eigenvalue weighted by Crippen LogP contribution is 2.37. The van der Waals surface area contributed by atoms with Gasteiger partial charge < -0.3 is 39.5 Å². The first-order valence-electron chi connectivity index (χ1n) is 33.1. The molecule has 0 aliphatic heterocycles. The Kier molecular flexibility index (Phi) is 67.6. The van der Waals surface area contributed by atoms with E-state index in [2.05, 4.69) is 66.7 Å². The number of esters is 2. The number of nitrogens with one attached hydrogen (secondary N) is 2. The number of aliphatic hydroxyl groups excluding tert-OH is 1. The minimum atomic E-state index is -3.07. The van der Waals surface area contributed by atoms with Crippen LogP contribution >= 0.6 is 7.67 Å². The van der Waals surface area contributed by atoms with E-state index >= 15 is 0 Å². The Morgan fingerprint density at radius 3 is 1.03 bits per heavy atom. The maximum absolute atomic E-state index is 13.3. The van der Waals surface area contributed by atoms with E-state index in [0.29, 0.717) is 32.5 Å². The molecule has 14 heteroatoms. The van der Waals surface area contributed by atoms with Gasteiger partial charge in [-0.15, -0.1) is 0 Å². The van der Waals surface area contributed by atoms with E-state index in [-0.39, 0.29) is 30.8 Å². The fourth-order valence-corrected chi connectivity index (χ4v) is 10.8. The number of unbranched alkanes of at least 4 members (excludes halogenated alkanes) is 27. The van der Waals surface area contributed by atoms with Gasteiger partial charge in [-0.3, -0.25) is 14.2 Å². The molecule has 0 aromatic carbocycles. The van der Waals surface area contributed by atoms with Crippen molar-refractivity contribution in [3.05, 3.63) is 0 Å². The van der Waals surface area contributed by atoms with E-state index < -0.39 is 7.67 Å². The molecule has 0 unspecified atom stereocenters. The number of nitrogens with zero attached hydrogens (tertiary/aromatic N) is 3. The lowest BCUT2D eigenvalue weighted by Gasteiger charge is -2.21. The van der Waals surface area contributed by atoms with Crippen LogP contribution in [0, 0.1) is 0 Å². The van der Waals surface area contributed by atoms with Gasteiger partial charge in [0.25, 0.3) is 0 Å². The number of carbonyl (C=O) groups is 2. The smallest absolute Gasteiger partial charge is 0.340 e. The van der Waals surface area contributed by atoms with Crippen molar-refractivity contribution in [2.75, 3.05) is 94.8 Å². The van der Waals surface area contributed by atoms with Crippen LogP contribution in [-0.2, 0) is 28.2 Å². The molecule has 0 rings (SSSR count). The first-order chi connectivity index (χ1) is 37.7. The maximum Gasteiger partial charge on any atom is 0.340 e. The molecule has 0 radical (unpaired) electrons. The number of aliphatic hydroxyl groups is 1. The highest BCUT2D eigenvalue weighted by Gasteiger charge is 2.22. The van der Waals surface area contributed by atoms with Gasteiger partial charge >= 0.3 is 19.6 Å². The largest absolute Gasteiger partial charge is 0.462 e. The molecule has 0 aliphatic rings. The maximum atomic E-state index is 13.3. The van der Waals surface area contributed by atoms with Crippen LogP contribution in [0.2, 0.25) is 0 Å². The summed E-state index contributed by atoms with van der Waals surface area (Å²) in [6, 6.07) is 0. The zero-order chi connectivity index (χ0) is 58.4. The summed E-state index contributed by atoms with van der Waals surface area (Å²) in [7, 11) is 9.20. The Hall–Kier alpha value is -1.15. The second kappa shape index (κ2) is 65.0. The molecular weight excluding hydrogens is 996 g/mol. The van der Waals surface area contributed by atoms with Crippen molar-refractivity contribution in [3.8, 4) is 0 Å². The van der Waals surface area contributed by atoms with Crippen LogP contribution in [0.15, 0.2) is 0 Å². The molecular formula is C64H137N6O7P. The van der Waals surface area contributed by atoms with E-state index in [1.165, 1.54) is 141 Å². The summed E-state index contributed by atoms with van der Waals surface area (Å²) in [5, 5.41) is 15.1. The van der Waals surface area contributed by atoms with Crippen molar-refractivity contribution < 1.29 is 33.3 Å². The lowest BCUT2D eigenvalue weighted by Crippen LogP contribution is -2.29. The van der Waals surface area contributed by atoms with Gasteiger partial charge in [0.05, 0.1) is 6.61 Å². The SMILES string of the molecule is CCCCCCCCC(CCCCCCCC)OC(=O)CCCCCCCO.CCCCCCCCC(CCCCCCCC)OC(=O)CCCCCCOP(=O)(NCCCN(C)C)NCCCN(C)C.CN(C)CCCN. The van der Waals surface area contributed by atoms with Crippen LogP contribution in [0.4, 0.5) is 0 Å². The summed E-state index contributed by atoms with van der Waals surface area (Å²) in [5.41, 5.74) is 5.25. The van der Waals surface area contributed by atoms with Crippen LogP contribution in [-0.4, -0.2) is 139 Å². The first-order valence-corrected chi connectivity index (χ1v) is 34.7. The molecule has 5 N–H and O–H groups in total. The van der Waals surface area contributed by atoms with Gasteiger partial charge in [-0.2, -0.15) is 0 Å². The van der Waals surface area contributed by atoms with E-state index in [4.69, 9.17) is 24.8 Å². The van der Waals surface area contributed by atoms with Crippen molar-refractivity contribution in [2.24, 2.45) is 5.73 Å². The topological polar surface area (TPSA) is 159 Å². The third kappa shape index (κ3) is 67.4. The van der Waals surface area contributed by atoms with Crippen LogP contribution in [0.5, 0.6) is 0 Å². The minimum Gasteiger partial charge on any atom is -0.462 e. The van der Waals surface area contributed by atoms with E-state index in [0.717, 1.165) is 142 Å². The number of hydrogen-bond donors (Lipinski definition) is 4. The molecule has 0 aliphatic carbocycles. The zero-order valence-electron chi connectivity index (χ0n) is 53.8. The fourth-order valence-electron chi connectivity index (χ4n) is 9.25. The van der Waals surface area contributed by atoms with Gasteiger partial charge in [0, 0.05) is 32.5 Å². The molecule has 0 heterocycles. The highest BCUT2D eigenvalue weighted by molar-refractivity contribution is 7.54. The molecule has 0 aromatic rings. The molecule has 0 saturated heterocycles. The summed E-state index contributed by atoms with van der Waals surface area (Å²) < 4.78 is 31.0. The van der Waals surface area contributed by atoms with E-state index in [1.807, 2.05) is 28.2 Å². The second-order valence-electron chi connectivity index (χ2n) is 23.3. The number of hydrogen-bond acceptors (Lipinski definition) is 11. The molecule has 0 bridgehead atoms. The van der Waals surface area contributed by atoms with E-state index in [9.17, 15) is 14.2 Å². The molecule has 13 nitrogen and oxygen atoms in total. The van der Waals surface area contributed by atoms with Gasteiger partial charge in [0.2, 0.25) is 0 Å². The minimum absolute atomic E-state index is 0.00382. The molecule has 0 saturated carbocycles. The normalized spacial score (nSPS) is 11.7. The quantitative estimate of drug-likeness (QED) is 0.0259. The Bertz CT molecular complexity index is 1200. The fraction of sp³-hybridized carbons (Fsp3) is 0.969. The Balaban J connectivity index is -0.00000137. The molecule has 0 fully saturated rings. The summed E-state index contributed by atoms with van der Waals surface area (Å²) in [4.78, 5) is 31.3. The predicted octanol–water partition coefficient (Wildman–Crippen LogP) is 16.2. The average Bonchev–Trinajstić information content (AvgIpc) is 3.40. The van der Waals surface area contributed by atoms with Crippen molar-refractivity contribution in [1.29, 1.82) is 0 Å². The number of carbonyl (C=O) groups excluding carboxylic acids is 2. The summed E-state index contributed by atoms with van der Waals surface area (Å²) in [6.07, 6.45) is 47.7. The third-order valence-corrected chi connectivity index (χ3v) is 16.0. The third-order valence-electron chi connectivity index (χ3n) is 14.2. The number of rotatable bonds is 58. The summed E-state index contributed by atoms with van der Waals surface area (Å²) >= 11 is 0. The van der Waals surface area contributed by atoms with Crippen LogP contribution in [0.1, 0.15) is 297 Å². The van der Waals surface area contributed by atoms with Crippen LogP contribution in [0.3, 0.4) is 0 Å². The Labute approximate surface area is 485 Å². The molecule has 78 heavy (non-hydrogen) atoms. The van der Waals surface area contributed by atoms with Gasteiger partial charge in [-0.05, 0) is 165 Å². The Morgan fingerprint density at radius 1 is 0.423 bits per heavy atom. The lowest BCUT2D eigenvalue weighted by molar-refractivity contribution is -0.151. The second-order valence-corrected chi connectivity index (χ2v) is 25.3. The molecule has 0 amide bonds. The van der Waals surface area contributed by atoms with Crippen molar-refractivity contribution >= 4 is 19.6 Å². The van der Waals surface area contributed by atoms with Crippen molar-refractivity contribution in [3.63, 3.8) is 0 Å². The lowest BCUT2D eigenvalue weighted by atomic mass is 10.0. The first kappa shape index (κ1) is 81.1. The molecule has 0 atom stereocenters. The van der Waals surface area contributed by atoms with Gasteiger partial charge in [-0.1, -0.05) is 188 Å². The molecule has 0 spiro atoms. The Morgan fingerprint density at radius 2 is 0.718 bits per heavy atom. The van der Waals surface area contributed by atoms with Crippen LogP contribution < -0.4 is 15.9 Å². The summed E-state index contributed by atoms with van der Waals surface area (Å²) in [6.45, 7) is 14.8. The van der Waals surface area contributed by atoms with Crippen LogP contribution in [0.25, 0.3) is 0 Å². The highest BCUT2D eigenvalue weighted by atomic mass is 31.2. The van der Waals surface area contributed by atoms with E-state index in [1.54, 1.807) is 0 Å². The van der Waals surface area contributed by atoms with Gasteiger partial charge in [-0.25, -0.2) is 10.2 Å². The predicted molar refractivity (Wildman–Crippen MR) is 338 cm³/mol.